The third-order valence-electron chi connectivity index (χ3n) is 2.64. The summed E-state index contributed by atoms with van der Waals surface area (Å²) in [4.78, 5) is 0. The summed E-state index contributed by atoms with van der Waals surface area (Å²) in [5, 5.41) is 13.4. The summed E-state index contributed by atoms with van der Waals surface area (Å²) < 4.78 is 1.78. The number of aryl methyl sites for hydroxylation is 2. The van der Waals surface area contributed by atoms with Gasteiger partial charge in [0, 0.05) is 6.54 Å². The van der Waals surface area contributed by atoms with Crippen LogP contribution in [0, 0.1) is 11.3 Å². The molecule has 0 amide bonds. The molecule has 0 bridgehead atoms. The number of rotatable bonds is 6. The normalized spacial score (nSPS) is 10.3. The molecule has 2 N–H and O–H groups in total. The summed E-state index contributed by atoms with van der Waals surface area (Å²) in [5.41, 5.74) is 7.32. The van der Waals surface area contributed by atoms with Crippen molar-refractivity contribution in [2.24, 2.45) is 0 Å². The van der Waals surface area contributed by atoms with Crippen LogP contribution in [-0.4, -0.2) is 9.78 Å². The maximum atomic E-state index is 9.03. The van der Waals surface area contributed by atoms with Gasteiger partial charge in [0.05, 0.1) is 5.69 Å². The Bertz CT molecular complexity index is 373. The second kappa shape index (κ2) is 6.16. The maximum absolute atomic E-state index is 9.03. The summed E-state index contributed by atoms with van der Waals surface area (Å²) in [7, 11) is 0. The molecule has 0 spiro atoms. The van der Waals surface area contributed by atoms with Crippen molar-refractivity contribution in [1.29, 1.82) is 5.26 Å². The first kappa shape index (κ1) is 12.6. The van der Waals surface area contributed by atoms with Gasteiger partial charge in [-0.1, -0.05) is 33.1 Å². The second-order valence-corrected chi connectivity index (χ2v) is 4.00. The van der Waals surface area contributed by atoms with Crippen LogP contribution in [0.1, 0.15) is 50.8 Å². The first-order chi connectivity index (χ1) is 7.74. The first-order valence-corrected chi connectivity index (χ1v) is 5.99. The van der Waals surface area contributed by atoms with E-state index in [2.05, 4.69) is 25.0 Å². The van der Waals surface area contributed by atoms with Crippen molar-refractivity contribution >= 4 is 5.82 Å². The molecule has 0 saturated carbocycles. The Morgan fingerprint density at radius 1 is 1.31 bits per heavy atom. The van der Waals surface area contributed by atoms with Crippen molar-refractivity contribution in [1.82, 2.24) is 9.78 Å². The molecule has 4 nitrogen and oxygen atoms in total. The topological polar surface area (TPSA) is 67.6 Å². The predicted octanol–water partition coefficient (Wildman–Crippen LogP) is 2.48. The number of anilines is 1. The van der Waals surface area contributed by atoms with Crippen molar-refractivity contribution in [3.05, 3.63) is 11.3 Å². The summed E-state index contributed by atoms with van der Waals surface area (Å²) >= 11 is 0. The summed E-state index contributed by atoms with van der Waals surface area (Å²) in [5.74, 6) is 0.530. The van der Waals surface area contributed by atoms with E-state index in [-0.39, 0.29) is 0 Å². The van der Waals surface area contributed by atoms with E-state index in [1.54, 1.807) is 4.68 Å². The van der Waals surface area contributed by atoms with E-state index in [0.29, 0.717) is 11.4 Å². The molecule has 4 heteroatoms. The summed E-state index contributed by atoms with van der Waals surface area (Å²) in [6, 6.07) is 2.15. The fraction of sp³-hybridized carbons (Fsp3) is 0.667. The Balaban J connectivity index is 2.81. The Labute approximate surface area is 97.1 Å². The van der Waals surface area contributed by atoms with Gasteiger partial charge in [-0.25, -0.2) is 4.68 Å². The summed E-state index contributed by atoms with van der Waals surface area (Å²) in [6.45, 7) is 5.06. The lowest BCUT2D eigenvalue weighted by atomic mass is 10.2. The number of hydrogen-bond donors (Lipinski definition) is 1. The van der Waals surface area contributed by atoms with Gasteiger partial charge in [-0.3, -0.25) is 0 Å². The van der Waals surface area contributed by atoms with Gasteiger partial charge in [0.25, 0.3) is 0 Å². The standard InChI is InChI=1S/C12H20N4/c1-3-5-6-8-16-12(14)10(9-13)11(15-16)7-4-2/h3-8,14H2,1-2H3. The van der Waals surface area contributed by atoms with E-state index in [1.807, 2.05) is 0 Å². The zero-order chi connectivity index (χ0) is 12.0. The quantitative estimate of drug-likeness (QED) is 0.749. The fourth-order valence-corrected chi connectivity index (χ4v) is 1.74. The van der Waals surface area contributed by atoms with Gasteiger partial charge in [-0.2, -0.15) is 10.4 Å². The number of nitriles is 1. The molecular weight excluding hydrogens is 200 g/mol. The number of unbranched alkanes of at least 4 members (excludes halogenated alkanes) is 2. The molecule has 0 atom stereocenters. The average molecular weight is 220 g/mol. The van der Waals surface area contributed by atoms with Crippen molar-refractivity contribution in [3.8, 4) is 6.07 Å². The minimum Gasteiger partial charge on any atom is -0.383 e. The monoisotopic (exact) mass is 220 g/mol. The molecule has 1 rings (SSSR count). The fourth-order valence-electron chi connectivity index (χ4n) is 1.74. The van der Waals surface area contributed by atoms with Crippen LogP contribution < -0.4 is 5.73 Å². The highest BCUT2D eigenvalue weighted by Crippen LogP contribution is 2.17. The highest BCUT2D eigenvalue weighted by atomic mass is 15.3. The molecule has 0 saturated heterocycles. The average Bonchev–Trinajstić information content (AvgIpc) is 2.56. The van der Waals surface area contributed by atoms with E-state index in [4.69, 9.17) is 11.0 Å². The molecular formula is C12H20N4. The predicted molar refractivity (Wildman–Crippen MR) is 64.9 cm³/mol. The highest BCUT2D eigenvalue weighted by Gasteiger charge is 2.13. The van der Waals surface area contributed by atoms with E-state index in [1.165, 1.54) is 12.8 Å². The molecule has 0 aliphatic rings. The molecule has 0 aromatic carbocycles. The lowest BCUT2D eigenvalue weighted by Gasteiger charge is -2.02. The maximum Gasteiger partial charge on any atom is 0.140 e. The minimum absolute atomic E-state index is 0.530. The van der Waals surface area contributed by atoms with E-state index < -0.39 is 0 Å². The lowest BCUT2D eigenvalue weighted by Crippen LogP contribution is -2.05. The Hall–Kier alpha value is -1.50. The third kappa shape index (κ3) is 2.75. The number of nitrogens with zero attached hydrogens (tertiary/aromatic N) is 3. The molecule has 1 aromatic rings. The first-order valence-electron chi connectivity index (χ1n) is 5.99. The van der Waals surface area contributed by atoms with E-state index in [0.717, 1.165) is 31.5 Å². The van der Waals surface area contributed by atoms with Crippen LogP contribution >= 0.6 is 0 Å². The molecule has 0 aliphatic heterocycles. The van der Waals surface area contributed by atoms with Gasteiger partial charge < -0.3 is 5.73 Å². The van der Waals surface area contributed by atoms with Gasteiger partial charge in [0.1, 0.15) is 17.5 Å². The van der Waals surface area contributed by atoms with Crippen LogP contribution in [0.3, 0.4) is 0 Å². The number of nitrogen functional groups attached to an aromatic ring is 1. The summed E-state index contributed by atoms with van der Waals surface area (Å²) in [6.07, 6.45) is 5.23. The molecule has 1 heterocycles. The molecule has 0 unspecified atom stereocenters. The van der Waals surface area contributed by atoms with E-state index >= 15 is 0 Å². The minimum atomic E-state index is 0.530. The van der Waals surface area contributed by atoms with E-state index in [9.17, 15) is 0 Å². The Morgan fingerprint density at radius 2 is 2.06 bits per heavy atom. The molecule has 0 aliphatic carbocycles. The highest BCUT2D eigenvalue weighted by molar-refractivity contribution is 5.52. The van der Waals surface area contributed by atoms with Crippen molar-refractivity contribution in [2.75, 3.05) is 5.73 Å². The molecule has 16 heavy (non-hydrogen) atoms. The number of nitrogens with two attached hydrogens (primary N) is 1. The van der Waals surface area contributed by atoms with Crippen molar-refractivity contribution in [3.63, 3.8) is 0 Å². The largest absolute Gasteiger partial charge is 0.383 e. The number of hydrogen-bond acceptors (Lipinski definition) is 3. The van der Waals surface area contributed by atoms with Gasteiger partial charge >= 0.3 is 0 Å². The zero-order valence-electron chi connectivity index (χ0n) is 10.2. The molecule has 88 valence electrons. The smallest absolute Gasteiger partial charge is 0.140 e. The Morgan fingerprint density at radius 3 is 2.62 bits per heavy atom. The van der Waals surface area contributed by atoms with Crippen LogP contribution in [-0.2, 0) is 13.0 Å². The van der Waals surface area contributed by atoms with Gasteiger partial charge in [0.15, 0.2) is 0 Å². The van der Waals surface area contributed by atoms with Crippen molar-refractivity contribution < 1.29 is 0 Å². The molecule has 1 aromatic heterocycles. The molecule has 0 radical (unpaired) electrons. The van der Waals surface area contributed by atoms with Crippen molar-refractivity contribution in [2.45, 2.75) is 52.5 Å². The lowest BCUT2D eigenvalue weighted by molar-refractivity contribution is 0.553. The zero-order valence-corrected chi connectivity index (χ0v) is 10.2. The van der Waals surface area contributed by atoms with Crippen LogP contribution in [0.4, 0.5) is 5.82 Å². The van der Waals surface area contributed by atoms with Crippen LogP contribution in [0.15, 0.2) is 0 Å². The second-order valence-electron chi connectivity index (χ2n) is 4.00. The Kier molecular flexibility index (Phi) is 4.84. The van der Waals surface area contributed by atoms with Crippen LogP contribution in [0.25, 0.3) is 0 Å². The van der Waals surface area contributed by atoms with Gasteiger partial charge in [-0.05, 0) is 12.8 Å². The molecule has 0 fully saturated rings. The third-order valence-corrected chi connectivity index (χ3v) is 2.64. The SMILES string of the molecule is CCCCCn1nc(CCC)c(C#N)c1N. The van der Waals surface area contributed by atoms with Gasteiger partial charge in [0.2, 0.25) is 0 Å². The van der Waals surface area contributed by atoms with Gasteiger partial charge in [-0.15, -0.1) is 0 Å². The van der Waals surface area contributed by atoms with Crippen LogP contribution in [0.2, 0.25) is 0 Å². The van der Waals surface area contributed by atoms with Crippen LogP contribution in [0.5, 0.6) is 0 Å². The number of aromatic nitrogens is 2.